The first-order valence-electron chi connectivity index (χ1n) is 9.68. The monoisotopic (exact) mass is 456 g/mol. The van der Waals surface area contributed by atoms with Gasteiger partial charge in [0.2, 0.25) is 0 Å². The number of benzene rings is 2. The predicted molar refractivity (Wildman–Crippen MR) is 110 cm³/mol. The Bertz CT molecular complexity index is 1050. The van der Waals surface area contributed by atoms with Crippen molar-refractivity contribution < 1.29 is 31.1 Å². The number of rotatable bonds is 5. The Kier molecular flexibility index (Phi) is 6.49. The molecule has 2 aromatic carbocycles. The number of anilines is 1. The molecule has 0 radical (unpaired) electrons. The van der Waals surface area contributed by atoms with E-state index in [1.165, 1.54) is 25.3 Å². The van der Waals surface area contributed by atoms with Gasteiger partial charge in [0, 0.05) is 18.8 Å². The molecule has 0 unspecified atom stereocenters. The highest BCUT2D eigenvalue weighted by Gasteiger charge is 2.30. The van der Waals surface area contributed by atoms with Crippen LogP contribution in [-0.2, 0) is 16.2 Å². The molecule has 168 valence electrons. The summed E-state index contributed by atoms with van der Waals surface area (Å²) in [6, 6.07) is 7.54. The average Bonchev–Trinajstić information content (AvgIpc) is 2.72. The lowest BCUT2D eigenvalue weighted by molar-refractivity contribution is -0.137. The summed E-state index contributed by atoms with van der Waals surface area (Å²) < 4.78 is 71.1. The van der Waals surface area contributed by atoms with Crippen molar-refractivity contribution in [2.45, 2.75) is 30.8 Å². The Morgan fingerprint density at radius 3 is 2.26 bits per heavy atom. The molecule has 0 aliphatic carbocycles. The molecule has 3 rings (SSSR count). The first-order valence-corrected chi connectivity index (χ1v) is 11.2. The summed E-state index contributed by atoms with van der Waals surface area (Å²) in [7, 11) is -2.75. The van der Waals surface area contributed by atoms with Crippen LogP contribution in [0.25, 0.3) is 0 Å². The third kappa shape index (κ3) is 5.30. The van der Waals surface area contributed by atoms with Crippen LogP contribution in [0.15, 0.2) is 47.4 Å². The zero-order valence-corrected chi connectivity index (χ0v) is 17.9. The number of ether oxygens (including phenoxy) is 1. The summed E-state index contributed by atoms with van der Waals surface area (Å²) in [5.41, 5.74) is -0.794. The van der Waals surface area contributed by atoms with Gasteiger partial charge in [-0.2, -0.15) is 13.2 Å². The fourth-order valence-corrected chi connectivity index (χ4v) is 4.43. The summed E-state index contributed by atoms with van der Waals surface area (Å²) in [4.78, 5) is 14.5. The van der Waals surface area contributed by atoms with Crippen LogP contribution in [0.3, 0.4) is 0 Å². The molecule has 1 aliphatic rings. The van der Waals surface area contributed by atoms with Crippen molar-refractivity contribution in [3.8, 4) is 5.75 Å². The Morgan fingerprint density at radius 2 is 1.71 bits per heavy atom. The van der Waals surface area contributed by atoms with E-state index in [-0.39, 0.29) is 27.8 Å². The number of hydrogen-bond acceptors (Lipinski definition) is 4. The smallest absolute Gasteiger partial charge is 0.416 e. The molecule has 2 aromatic rings. The molecule has 1 aliphatic heterocycles. The molecule has 1 heterocycles. The molecule has 1 fully saturated rings. The number of hydrogen-bond donors (Lipinski definition) is 1. The van der Waals surface area contributed by atoms with E-state index in [2.05, 4.69) is 11.6 Å². The maximum atomic E-state index is 13.0. The number of nitrogens with zero attached hydrogens (tertiary/aromatic N) is 1. The van der Waals surface area contributed by atoms with Crippen molar-refractivity contribution in [1.82, 2.24) is 4.90 Å². The second kappa shape index (κ2) is 8.78. The standard InChI is InChI=1S/C21H23F3N2O4S/c1-14-9-11-26(12-10-14)20(27)18-13-17(7-8-19(18)30-2)31(28,29)25-16-5-3-15(4-6-16)21(22,23)24/h3-8,13-14,25H,9-12H2,1-2H3. The minimum Gasteiger partial charge on any atom is -0.496 e. The number of sulfonamides is 1. The second-order valence-corrected chi connectivity index (χ2v) is 9.20. The van der Waals surface area contributed by atoms with E-state index in [9.17, 15) is 26.4 Å². The van der Waals surface area contributed by atoms with Gasteiger partial charge in [-0.15, -0.1) is 0 Å². The quantitative estimate of drug-likeness (QED) is 0.724. The topological polar surface area (TPSA) is 75.7 Å². The molecule has 1 saturated heterocycles. The van der Waals surface area contributed by atoms with Crippen LogP contribution in [0.5, 0.6) is 5.75 Å². The summed E-state index contributed by atoms with van der Waals surface area (Å²) in [5, 5.41) is 0. The molecule has 31 heavy (non-hydrogen) atoms. The van der Waals surface area contributed by atoms with Crippen molar-refractivity contribution in [2.24, 2.45) is 5.92 Å². The van der Waals surface area contributed by atoms with Crippen LogP contribution in [0.4, 0.5) is 18.9 Å². The van der Waals surface area contributed by atoms with Gasteiger partial charge in [-0.05, 0) is 61.2 Å². The number of amides is 1. The van der Waals surface area contributed by atoms with E-state index in [4.69, 9.17) is 4.74 Å². The highest BCUT2D eigenvalue weighted by atomic mass is 32.2. The normalized spacial score (nSPS) is 15.6. The Hall–Kier alpha value is -2.75. The second-order valence-electron chi connectivity index (χ2n) is 7.52. The first kappa shape index (κ1) is 22.9. The van der Waals surface area contributed by atoms with Crippen LogP contribution < -0.4 is 9.46 Å². The molecule has 0 aromatic heterocycles. The van der Waals surface area contributed by atoms with Gasteiger partial charge in [0.25, 0.3) is 15.9 Å². The average molecular weight is 456 g/mol. The minimum atomic E-state index is -4.52. The molecule has 0 atom stereocenters. The summed E-state index contributed by atoms with van der Waals surface area (Å²) in [5.74, 6) is 0.443. The lowest BCUT2D eigenvalue weighted by Crippen LogP contribution is -2.38. The van der Waals surface area contributed by atoms with Gasteiger partial charge in [-0.1, -0.05) is 6.92 Å². The SMILES string of the molecule is COc1ccc(S(=O)(=O)Nc2ccc(C(F)(F)F)cc2)cc1C(=O)N1CCC(C)CC1. The van der Waals surface area contributed by atoms with E-state index in [0.717, 1.165) is 37.1 Å². The van der Waals surface area contributed by atoms with E-state index < -0.39 is 21.8 Å². The fraction of sp³-hybridized carbons (Fsp3) is 0.381. The lowest BCUT2D eigenvalue weighted by atomic mass is 9.98. The maximum absolute atomic E-state index is 13.0. The number of likely N-dealkylation sites (tertiary alicyclic amines) is 1. The highest BCUT2D eigenvalue weighted by molar-refractivity contribution is 7.92. The van der Waals surface area contributed by atoms with E-state index in [0.29, 0.717) is 19.0 Å². The third-order valence-electron chi connectivity index (χ3n) is 5.25. The molecule has 1 amide bonds. The number of alkyl halides is 3. The first-order chi connectivity index (χ1) is 14.5. The number of carbonyl (C=O) groups is 1. The summed E-state index contributed by atoms with van der Waals surface area (Å²) in [6.07, 6.45) is -2.79. The number of piperidine rings is 1. The van der Waals surface area contributed by atoms with Gasteiger partial charge in [0.15, 0.2) is 0 Å². The molecule has 0 spiro atoms. The Labute approximate surface area is 179 Å². The van der Waals surface area contributed by atoms with E-state index in [1.54, 1.807) is 4.90 Å². The van der Waals surface area contributed by atoms with Gasteiger partial charge in [0.05, 0.1) is 23.1 Å². The van der Waals surface area contributed by atoms with E-state index in [1.807, 2.05) is 0 Å². The van der Waals surface area contributed by atoms with Crippen molar-refractivity contribution in [2.75, 3.05) is 24.9 Å². The van der Waals surface area contributed by atoms with Gasteiger partial charge < -0.3 is 9.64 Å². The zero-order chi connectivity index (χ0) is 22.8. The molecule has 1 N–H and O–H groups in total. The van der Waals surface area contributed by atoms with Gasteiger partial charge in [-0.25, -0.2) is 8.42 Å². The molecule has 6 nitrogen and oxygen atoms in total. The number of methoxy groups -OCH3 is 1. The van der Waals surface area contributed by atoms with Crippen molar-refractivity contribution in [3.05, 3.63) is 53.6 Å². The number of halogens is 3. The van der Waals surface area contributed by atoms with Crippen molar-refractivity contribution >= 4 is 21.6 Å². The maximum Gasteiger partial charge on any atom is 0.416 e. The van der Waals surface area contributed by atoms with Crippen molar-refractivity contribution in [3.63, 3.8) is 0 Å². The fourth-order valence-electron chi connectivity index (χ4n) is 3.34. The Balaban J connectivity index is 1.86. The van der Waals surface area contributed by atoms with Crippen LogP contribution >= 0.6 is 0 Å². The molecular weight excluding hydrogens is 433 g/mol. The van der Waals surface area contributed by atoms with Gasteiger partial charge in [0.1, 0.15) is 5.75 Å². The Morgan fingerprint density at radius 1 is 1.10 bits per heavy atom. The lowest BCUT2D eigenvalue weighted by Gasteiger charge is -2.30. The molecular formula is C21H23F3N2O4S. The van der Waals surface area contributed by atoms with Gasteiger partial charge >= 0.3 is 6.18 Å². The highest BCUT2D eigenvalue weighted by Crippen LogP contribution is 2.31. The summed E-state index contributed by atoms with van der Waals surface area (Å²) >= 11 is 0. The molecule has 10 heteroatoms. The van der Waals surface area contributed by atoms with Crippen LogP contribution in [0.1, 0.15) is 35.7 Å². The predicted octanol–water partition coefficient (Wildman–Crippen LogP) is 4.39. The van der Waals surface area contributed by atoms with Crippen LogP contribution in [-0.4, -0.2) is 39.4 Å². The van der Waals surface area contributed by atoms with Crippen LogP contribution in [0.2, 0.25) is 0 Å². The largest absolute Gasteiger partial charge is 0.496 e. The van der Waals surface area contributed by atoms with Crippen molar-refractivity contribution in [1.29, 1.82) is 0 Å². The molecule has 0 bridgehead atoms. The molecule has 0 saturated carbocycles. The van der Waals surface area contributed by atoms with Crippen LogP contribution in [0, 0.1) is 5.92 Å². The number of carbonyl (C=O) groups excluding carboxylic acids is 1. The van der Waals surface area contributed by atoms with Gasteiger partial charge in [-0.3, -0.25) is 9.52 Å². The minimum absolute atomic E-state index is 0.0262. The zero-order valence-electron chi connectivity index (χ0n) is 17.1. The summed E-state index contributed by atoms with van der Waals surface area (Å²) in [6.45, 7) is 3.26. The van der Waals surface area contributed by atoms with E-state index >= 15 is 0 Å². The third-order valence-corrected chi connectivity index (χ3v) is 6.63. The number of nitrogens with one attached hydrogen (secondary N) is 1.